The number of rotatable bonds is 4. The van der Waals surface area contributed by atoms with E-state index in [4.69, 9.17) is 5.73 Å². The maximum Gasteiger partial charge on any atom is 0.191 e. The van der Waals surface area contributed by atoms with Gasteiger partial charge in [0.1, 0.15) is 6.33 Å². The van der Waals surface area contributed by atoms with Gasteiger partial charge in [-0.05, 0) is 28.9 Å². The van der Waals surface area contributed by atoms with E-state index in [0.29, 0.717) is 0 Å². The quantitative estimate of drug-likeness (QED) is 0.874. The number of nitrogens with zero attached hydrogens (tertiary/aromatic N) is 3. The van der Waals surface area contributed by atoms with Crippen LogP contribution in [0.1, 0.15) is 17.1 Å². The van der Waals surface area contributed by atoms with Crippen molar-refractivity contribution in [2.24, 2.45) is 12.8 Å². The van der Waals surface area contributed by atoms with Gasteiger partial charge in [0, 0.05) is 27.8 Å². The molecule has 2 aromatic rings. The van der Waals surface area contributed by atoms with Crippen LogP contribution in [0.4, 0.5) is 0 Å². The van der Waals surface area contributed by atoms with E-state index in [1.165, 1.54) is 4.88 Å². The normalized spacial score (nSPS) is 14.8. The topological polar surface area (TPSA) is 56.7 Å². The number of hydrogen-bond donors (Lipinski definition) is 1. The summed E-state index contributed by atoms with van der Waals surface area (Å²) in [5, 5.41) is 11.1. The highest BCUT2D eigenvalue weighted by Gasteiger charge is 2.21. The number of aromatic nitrogens is 3. The van der Waals surface area contributed by atoms with Gasteiger partial charge < -0.3 is 10.3 Å². The van der Waals surface area contributed by atoms with Crippen LogP contribution in [0.5, 0.6) is 0 Å². The van der Waals surface area contributed by atoms with Gasteiger partial charge in [-0.15, -0.1) is 21.5 Å². The molecular formula is C10H13BrN4S2. The summed E-state index contributed by atoms with van der Waals surface area (Å²) in [6.07, 6.45) is 1.70. The van der Waals surface area contributed by atoms with Crippen LogP contribution in [0.2, 0.25) is 0 Å². The fourth-order valence-corrected chi connectivity index (χ4v) is 4.18. The molecule has 2 unspecified atom stereocenters. The Morgan fingerprint density at radius 1 is 1.59 bits per heavy atom. The molecule has 0 aliphatic rings. The Kier molecular flexibility index (Phi) is 4.24. The average molecular weight is 333 g/mol. The summed E-state index contributed by atoms with van der Waals surface area (Å²) in [6.45, 7) is 2.02. The van der Waals surface area contributed by atoms with Crippen molar-refractivity contribution >= 4 is 39.0 Å². The lowest BCUT2D eigenvalue weighted by Crippen LogP contribution is -2.22. The average Bonchev–Trinajstić information content (AvgIpc) is 2.84. The maximum absolute atomic E-state index is 6.06. The van der Waals surface area contributed by atoms with E-state index in [-0.39, 0.29) is 11.3 Å². The van der Waals surface area contributed by atoms with E-state index in [9.17, 15) is 0 Å². The predicted molar refractivity (Wildman–Crippen MR) is 75.3 cm³/mol. The second-order valence-corrected chi connectivity index (χ2v) is 6.76. The molecule has 2 N–H and O–H groups in total. The number of halogens is 1. The molecule has 0 bridgehead atoms. The molecule has 0 aromatic carbocycles. The first kappa shape index (κ1) is 13.1. The lowest BCUT2D eigenvalue weighted by atomic mass is 10.2. The molecule has 0 spiro atoms. The van der Waals surface area contributed by atoms with Gasteiger partial charge in [0.15, 0.2) is 5.16 Å². The molecule has 4 nitrogen and oxygen atoms in total. The summed E-state index contributed by atoms with van der Waals surface area (Å²) in [6, 6.07) is 2.17. The smallest absolute Gasteiger partial charge is 0.191 e. The van der Waals surface area contributed by atoms with E-state index in [1.54, 1.807) is 29.4 Å². The summed E-state index contributed by atoms with van der Waals surface area (Å²) in [5.74, 6) is 0. The molecule has 2 atom stereocenters. The van der Waals surface area contributed by atoms with Gasteiger partial charge >= 0.3 is 0 Å². The third kappa shape index (κ3) is 3.09. The Labute approximate surface area is 117 Å². The Hall–Kier alpha value is -0.370. The SMILES string of the molecule is CC(N)C(Sc1nncn1C)c1cc(Br)cs1. The van der Waals surface area contributed by atoms with Crippen molar-refractivity contribution in [1.82, 2.24) is 14.8 Å². The summed E-state index contributed by atoms with van der Waals surface area (Å²) in [4.78, 5) is 1.25. The summed E-state index contributed by atoms with van der Waals surface area (Å²) in [5.41, 5.74) is 6.06. The van der Waals surface area contributed by atoms with E-state index < -0.39 is 0 Å². The monoisotopic (exact) mass is 332 g/mol. The van der Waals surface area contributed by atoms with Crippen molar-refractivity contribution in [2.45, 2.75) is 23.4 Å². The molecule has 17 heavy (non-hydrogen) atoms. The largest absolute Gasteiger partial charge is 0.327 e. The van der Waals surface area contributed by atoms with Crippen LogP contribution < -0.4 is 5.73 Å². The minimum atomic E-state index is 0.0576. The zero-order valence-electron chi connectivity index (χ0n) is 9.50. The number of thiophene rings is 1. The molecule has 2 rings (SSSR count). The minimum absolute atomic E-state index is 0.0576. The fraction of sp³-hybridized carbons (Fsp3) is 0.400. The Balaban J connectivity index is 2.22. The summed E-state index contributed by atoms with van der Waals surface area (Å²) >= 11 is 6.83. The lowest BCUT2D eigenvalue weighted by Gasteiger charge is -2.17. The van der Waals surface area contributed by atoms with Crippen molar-refractivity contribution in [2.75, 3.05) is 0 Å². The third-order valence-electron chi connectivity index (χ3n) is 2.25. The number of thioether (sulfide) groups is 1. The van der Waals surface area contributed by atoms with Gasteiger partial charge in [-0.2, -0.15) is 0 Å². The first-order valence-electron chi connectivity index (χ1n) is 5.08. The molecule has 0 aliphatic heterocycles. The highest BCUT2D eigenvalue weighted by Crippen LogP contribution is 2.39. The third-order valence-corrected chi connectivity index (χ3v) is 5.69. The minimum Gasteiger partial charge on any atom is -0.327 e. The zero-order valence-corrected chi connectivity index (χ0v) is 12.7. The molecule has 92 valence electrons. The van der Waals surface area contributed by atoms with Crippen LogP contribution in [0, 0.1) is 0 Å². The lowest BCUT2D eigenvalue weighted by molar-refractivity contribution is 0.716. The molecule has 2 aromatic heterocycles. The molecule has 0 radical (unpaired) electrons. The maximum atomic E-state index is 6.06. The number of hydrogen-bond acceptors (Lipinski definition) is 5. The van der Waals surface area contributed by atoms with Gasteiger partial charge in [0.25, 0.3) is 0 Å². The number of nitrogens with two attached hydrogens (primary N) is 1. The van der Waals surface area contributed by atoms with Gasteiger partial charge in [-0.25, -0.2) is 0 Å². The van der Waals surface area contributed by atoms with Crippen LogP contribution in [0.15, 0.2) is 27.4 Å². The molecule has 0 saturated heterocycles. The van der Waals surface area contributed by atoms with Crippen molar-refractivity contribution < 1.29 is 0 Å². The highest BCUT2D eigenvalue weighted by molar-refractivity contribution is 9.10. The van der Waals surface area contributed by atoms with E-state index in [0.717, 1.165) is 9.63 Å². The predicted octanol–water partition coefficient (Wildman–Crippen LogP) is 2.82. The fourth-order valence-electron chi connectivity index (χ4n) is 1.39. The second kappa shape index (κ2) is 5.51. The highest BCUT2D eigenvalue weighted by atomic mass is 79.9. The van der Waals surface area contributed by atoms with E-state index >= 15 is 0 Å². The van der Waals surface area contributed by atoms with Gasteiger partial charge in [-0.3, -0.25) is 0 Å². The summed E-state index contributed by atoms with van der Waals surface area (Å²) < 4.78 is 3.00. The molecule has 7 heteroatoms. The van der Waals surface area contributed by atoms with Crippen molar-refractivity contribution in [3.8, 4) is 0 Å². The van der Waals surface area contributed by atoms with Crippen molar-refractivity contribution in [3.05, 3.63) is 27.1 Å². The molecule has 0 fully saturated rings. The molecule has 2 heterocycles. The molecule has 0 aliphatic carbocycles. The van der Waals surface area contributed by atoms with Crippen LogP contribution in [-0.2, 0) is 7.05 Å². The van der Waals surface area contributed by atoms with Crippen LogP contribution in [-0.4, -0.2) is 20.8 Å². The van der Waals surface area contributed by atoms with Crippen LogP contribution >= 0.6 is 39.0 Å². The van der Waals surface area contributed by atoms with Crippen LogP contribution in [0.3, 0.4) is 0 Å². The van der Waals surface area contributed by atoms with Gasteiger partial charge in [0.05, 0.1) is 5.25 Å². The molecule has 0 amide bonds. The zero-order chi connectivity index (χ0) is 12.4. The Bertz CT molecular complexity index is 494. The van der Waals surface area contributed by atoms with E-state index in [2.05, 4.69) is 37.6 Å². The molecule has 0 saturated carbocycles. The first-order valence-corrected chi connectivity index (χ1v) is 7.63. The van der Waals surface area contributed by atoms with Gasteiger partial charge in [-0.1, -0.05) is 11.8 Å². The van der Waals surface area contributed by atoms with Gasteiger partial charge in [0.2, 0.25) is 0 Å². The second-order valence-electron chi connectivity index (χ2n) is 3.79. The van der Waals surface area contributed by atoms with Crippen molar-refractivity contribution in [1.29, 1.82) is 0 Å². The van der Waals surface area contributed by atoms with E-state index in [1.807, 2.05) is 18.5 Å². The Morgan fingerprint density at radius 2 is 2.35 bits per heavy atom. The number of aryl methyl sites for hydroxylation is 1. The standard InChI is InChI=1S/C10H13BrN4S2/c1-6(12)9(8-3-7(11)4-16-8)17-10-14-13-5-15(10)2/h3-6,9H,12H2,1-2H3. The Morgan fingerprint density at radius 3 is 2.82 bits per heavy atom. The molecular weight excluding hydrogens is 320 g/mol. The summed E-state index contributed by atoms with van der Waals surface area (Å²) in [7, 11) is 1.94. The van der Waals surface area contributed by atoms with Crippen molar-refractivity contribution in [3.63, 3.8) is 0 Å². The van der Waals surface area contributed by atoms with Crippen LogP contribution in [0.25, 0.3) is 0 Å². The first-order chi connectivity index (χ1) is 8.08.